The Hall–Kier alpha value is -3.67. The van der Waals surface area contributed by atoms with E-state index in [0.29, 0.717) is 24.6 Å². The number of benzene rings is 2. The van der Waals surface area contributed by atoms with Crippen LogP contribution in [-0.2, 0) is 13.0 Å². The van der Waals surface area contributed by atoms with Gasteiger partial charge in [-0.25, -0.2) is 9.97 Å². The normalized spacial score (nSPS) is 10.8. The molecule has 146 valence electrons. The molecule has 2 heterocycles. The molecule has 0 unspecified atom stereocenters. The first-order chi connectivity index (χ1) is 14.2. The molecule has 3 N–H and O–H groups in total. The molecule has 2 aromatic heterocycles. The minimum Gasteiger partial charge on any atom is -0.361 e. The molecule has 0 fully saturated rings. The summed E-state index contributed by atoms with van der Waals surface area (Å²) in [4.78, 5) is 24.1. The van der Waals surface area contributed by atoms with E-state index in [9.17, 15) is 4.79 Å². The number of hydrogen-bond donors (Lipinski definition) is 3. The average molecular weight is 385 g/mol. The number of H-pyrrole nitrogens is 1. The predicted octanol–water partition coefficient (Wildman–Crippen LogP) is 3.85. The number of para-hydroxylation sites is 1. The number of anilines is 1. The summed E-state index contributed by atoms with van der Waals surface area (Å²) in [6, 6.07) is 16.4. The van der Waals surface area contributed by atoms with Crippen molar-refractivity contribution < 1.29 is 4.79 Å². The molecule has 4 aromatic rings. The van der Waals surface area contributed by atoms with Crippen LogP contribution in [0.1, 0.15) is 27.0 Å². The van der Waals surface area contributed by atoms with E-state index in [2.05, 4.69) is 62.8 Å². The average Bonchev–Trinajstić information content (AvgIpc) is 3.17. The number of nitrogens with zero attached hydrogens (tertiary/aromatic N) is 2. The lowest BCUT2D eigenvalue weighted by atomic mass is 10.1. The molecule has 6 heteroatoms. The third-order valence-electron chi connectivity index (χ3n) is 4.84. The van der Waals surface area contributed by atoms with Gasteiger partial charge in [-0.05, 0) is 30.5 Å². The number of carbonyl (C=O) groups is 1. The van der Waals surface area contributed by atoms with Crippen molar-refractivity contribution in [3.8, 4) is 0 Å². The first kappa shape index (κ1) is 18.7. The lowest BCUT2D eigenvalue weighted by Gasteiger charge is -2.07. The van der Waals surface area contributed by atoms with Crippen molar-refractivity contribution >= 4 is 22.8 Å². The van der Waals surface area contributed by atoms with Crippen molar-refractivity contribution in [2.45, 2.75) is 19.9 Å². The Balaban J connectivity index is 1.28. The van der Waals surface area contributed by atoms with Crippen molar-refractivity contribution in [1.29, 1.82) is 0 Å². The number of nitrogens with one attached hydrogen (secondary N) is 3. The van der Waals surface area contributed by atoms with Gasteiger partial charge >= 0.3 is 0 Å². The molecule has 0 aliphatic rings. The summed E-state index contributed by atoms with van der Waals surface area (Å²) in [5.41, 5.74) is 5.12. The Kier molecular flexibility index (Phi) is 5.52. The molecule has 0 atom stereocenters. The Labute approximate surface area is 169 Å². The van der Waals surface area contributed by atoms with Crippen molar-refractivity contribution in [1.82, 2.24) is 20.3 Å². The van der Waals surface area contributed by atoms with Crippen LogP contribution >= 0.6 is 0 Å². The Morgan fingerprint density at radius 3 is 2.59 bits per heavy atom. The van der Waals surface area contributed by atoms with Gasteiger partial charge in [-0.3, -0.25) is 4.79 Å². The van der Waals surface area contributed by atoms with Crippen LogP contribution in [0.3, 0.4) is 0 Å². The third-order valence-corrected chi connectivity index (χ3v) is 4.84. The highest BCUT2D eigenvalue weighted by Crippen LogP contribution is 2.17. The van der Waals surface area contributed by atoms with E-state index in [1.54, 1.807) is 12.4 Å². The second kappa shape index (κ2) is 8.56. The number of aromatic nitrogens is 3. The number of amides is 1. The minimum absolute atomic E-state index is 0.171. The molecular formula is C23H23N5O. The summed E-state index contributed by atoms with van der Waals surface area (Å²) in [6.07, 6.45) is 5.85. The number of rotatable bonds is 7. The minimum atomic E-state index is -0.171. The fourth-order valence-electron chi connectivity index (χ4n) is 3.17. The zero-order valence-electron chi connectivity index (χ0n) is 16.3. The van der Waals surface area contributed by atoms with Crippen LogP contribution in [0.2, 0.25) is 0 Å². The van der Waals surface area contributed by atoms with Gasteiger partial charge < -0.3 is 15.6 Å². The molecular weight excluding hydrogens is 362 g/mol. The lowest BCUT2D eigenvalue weighted by Crippen LogP contribution is -2.26. The number of fused-ring (bicyclic) bond motifs is 1. The summed E-state index contributed by atoms with van der Waals surface area (Å²) < 4.78 is 0. The van der Waals surface area contributed by atoms with E-state index < -0.39 is 0 Å². The molecule has 6 nitrogen and oxygen atoms in total. The number of hydrogen-bond acceptors (Lipinski definition) is 4. The van der Waals surface area contributed by atoms with Crippen LogP contribution < -0.4 is 10.6 Å². The van der Waals surface area contributed by atoms with Crippen molar-refractivity contribution in [2.75, 3.05) is 11.9 Å². The molecule has 1 amide bonds. The molecule has 0 saturated carbocycles. The van der Waals surface area contributed by atoms with Crippen LogP contribution in [0.15, 0.2) is 67.1 Å². The highest BCUT2D eigenvalue weighted by atomic mass is 16.1. The van der Waals surface area contributed by atoms with E-state index in [-0.39, 0.29) is 5.91 Å². The van der Waals surface area contributed by atoms with E-state index in [0.717, 1.165) is 17.5 Å². The van der Waals surface area contributed by atoms with Crippen LogP contribution in [0, 0.1) is 6.92 Å². The van der Waals surface area contributed by atoms with Gasteiger partial charge in [-0.15, -0.1) is 0 Å². The molecule has 0 bridgehead atoms. The number of aromatic amines is 1. The molecule has 0 aliphatic heterocycles. The first-order valence-electron chi connectivity index (χ1n) is 9.64. The molecule has 0 spiro atoms. The summed E-state index contributed by atoms with van der Waals surface area (Å²) in [5, 5.41) is 7.29. The first-order valence-corrected chi connectivity index (χ1v) is 9.64. The highest BCUT2D eigenvalue weighted by molar-refractivity contribution is 5.93. The van der Waals surface area contributed by atoms with Crippen LogP contribution in [-0.4, -0.2) is 27.4 Å². The Morgan fingerprint density at radius 1 is 1.03 bits per heavy atom. The van der Waals surface area contributed by atoms with Gasteiger partial charge in [0.1, 0.15) is 0 Å². The van der Waals surface area contributed by atoms with E-state index >= 15 is 0 Å². The fourth-order valence-corrected chi connectivity index (χ4v) is 3.17. The molecule has 0 aliphatic carbocycles. The number of aryl methyl sites for hydroxylation is 1. The van der Waals surface area contributed by atoms with Gasteiger partial charge in [-0.2, -0.15) is 0 Å². The molecule has 0 radical (unpaired) electrons. The topological polar surface area (TPSA) is 82.7 Å². The second-order valence-electron chi connectivity index (χ2n) is 7.00. The lowest BCUT2D eigenvalue weighted by molar-refractivity contribution is 0.0953. The molecule has 2 aromatic carbocycles. The van der Waals surface area contributed by atoms with Crippen LogP contribution in [0.5, 0.6) is 0 Å². The van der Waals surface area contributed by atoms with Crippen molar-refractivity contribution in [2.24, 2.45) is 0 Å². The van der Waals surface area contributed by atoms with Gasteiger partial charge in [0, 0.05) is 42.6 Å². The fraction of sp³-hybridized carbons (Fsp3) is 0.174. The smallest absolute Gasteiger partial charge is 0.254 e. The van der Waals surface area contributed by atoms with Gasteiger partial charge in [0.05, 0.1) is 5.56 Å². The zero-order chi connectivity index (χ0) is 20.1. The van der Waals surface area contributed by atoms with Gasteiger partial charge in [-0.1, -0.05) is 48.0 Å². The van der Waals surface area contributed by atoms with Gasteiger partial charge in [0.15, 0.2) is 0 Å². The quantitative estimate of drug-likeness (QED) is 0.451. The van der Waals surface area contributed by atoms with E-state index in [4.69, 9.17) is 0 Å². The maximum absolute atomic E-state index is 12.3. The predicted molar refractivity (Wildman–Crippen MR) is 115 cm³/mol. The van der Waals surface area contributed by atoms with Crippen molar-refractivity contribution in [3.63, 3.8) is 0 Å². The van der Waals surface area contributed by atoms with Crippen molar-refractivity contribution in [3.05, 3.63) is 89.4 Å². The third kappa shape index (κ3) is 4.60. The summed E-state index contributed by atoms with van der Waals surface area (Å²) in [6.45, 7) is 3.25. The largest absolute Gasteiger partial charge is 0.361 e. The van der Waals surface area contributed by atoms with Crippen LogP contribution in [0.4, 0.5) is 5.95 Å². The zero-order valence-corrected chi connectivity index (χ0v) is 16.3. The summed E-state index contributed by atoms with van der Waals surface area (Å²) >= 11 is 0. The number of carbonyl (C=O) groups excluding carboxylic acids is 1. The second-order valence-corrected chi connectivity index (χ2v) is 7.00. The standard InChI is InChI=1S/C23H23N5O/c1-16-6-8-17(9-7-16)12-26-23-27-14-19(15-28-23)22(29)24-11-10-18-13-25-21-5-3-2-4-20(18)21/h2-9,13-15,25H,10-12H2,1H3,(H,24,29)(H,26,27,28). The molecule has 4 rings (SSSR count). The summed E-state index contributed by atoms with van der Waals surface area (Å²) in [5.74, 6) is 0.329. The van der Waals surface area contributed by atoms with Gasteiger partial charge in [0.25, 0.3) is 5.91 Å². The SMILES string of the molecule is Cc1ccc(CNc2ncc(C(=O)NCCc3c[nH]c4ccccc34)cn2)cc1. The molecule has 0 saturated heterocycles. The maximum Gasteiger partial charge on any atom is 0.254 e. The maximum atomic E-state index is 12.3. The Morgan fingerprint density at radius 2 is 1.79 bits per heavy atom. The molecule has 29 heavy (non-hydrogen) atoms. The monoisotopic (exact) mass is 385 g/mol. The van der Waals surface area contributed by atoms with Gasteiger partial charge in [0.2, 0.25) is 5.95 Å². The van der Waals surface area contributed by atoms with E-state index in [1.807, 2.05) is 24.4 Å². The van der Waals surface area contributed by atoms with E-state index in [1.165, 1.54) is 16.5 Å². The highest BCUT2D eigenvalue weighted by Gasteiger charge is 2.08. The van der Waals surface area contributed by atoms with Crippen LogP contribution in [0.25, 0.3) is 10.9 Å². The summed E-state index contributed by atoms with van der Waals surface area (Å²) in [7, 11) is 0. The Bertz CT molecular complexity index is 1100.